The smallest absolute Gasteiger partial charge is 0.217 e. The van der Waals surface area contributed by atoms with E-state index in [1.54, 1.807) is 0 Å². The molecule has 0 saturated carbocycles. The molecular weight excluding hydrogens is 836 g/mol. The van der Waals surface area contributed by atoms with Gasteiger partial charge in [-0.25, -0.2) is 0 Å². The van der Waals surface area contributed by atoms with Gasteiger partial charge in [0.1, 0.15) is 110 Å². The Morgan fingerprint density at radius 3 is 1.67 bits per heavy atom. The number of rotatable bonds is 18. The molecule has 4 heterocycles. The van der Waals surface area contributed by atoms with Crippen molar-refractivity contribution in [3.63, 3.8) is 0 Å². The van der Waals surface area contributed by atoms with Gasteiger partial charge in [0.15, 0.2) is 25.2 Å². The van der Waals surface area contributed by atoms with Crippen molar-refractivity contribution >= 4 is 11.8 Å². The second-order valence-electron chi connectivity index (χ2n) is 15.2. The van der Waals surface area contributed by atoms with Gasteiger partial charge in [-0.3, -0.25) is 9.59 Å². The summed E-state index contributed by atoms with van der Waals surface area (Å²) in [5, 5.41) is 163. The van der Waals surface area contributed by atoms with E-state index in [-0.39, 0.29) is 0 Å². The molecule has 4 fully saturated rings. The lowest BCUT2D eigenvalue weighted by atomic mass is 9.94. The van der Waals surface area contributed by atoms with Crippen LogP contribution in [0.1, 0.15) is 20.8 Å². The van der Waals surface area contributed by atoms with Gasteiger partial charge in [-0.1, -0.05) is 0 Å². The van der Waals surface area contributed by atoms with Crippen LogP contribution in [0.25, 0.3) is 0 Å². The van der Waals surface area contributed by atoms with E-state index in [9.17, 15) is 86.2 Å². The van der Waals surface area contributed by atoms with Crippen LogP contribution in [0.4, 0.5) is 0 Å². The van der Waals surface area contributed by atoms with Gasteiger partial charge in [0.25, 0.3) is 0 Å². The zero-order chi connectivity index (χ0) is 45.6. The summed E-state index contributed by atoms with van der Waals surface area (Å²) >= 11 is 0. The summed E-state index contributed by atoms with van der Waals surface area (Å²) in [4.78, 5) is 24.4. The van der Waals surface area contributed by atoms with Gasteiger partial charge in [-0.2, -0.15) is 0 Å². The Kier molecular flexibility index (Phi) is 19.3. The number of hydrogen-bond donors (Lipinski definition) is 17. The van der Waals surface area contributed by atoms with Crippen molar-refractivity contribution < 1.29 is 124 Å². The molecule has 0 radical (unpaired) electrons. The van der Waals surface area contributed by atoms with Crippen LogP contribution in [0, 0.1) is 0 Å². The molecule has 356 valence electrons. The molecule has 4 unspecified atom stereocenters. The third-order valence-corrected chi connectivity index (χ3v) is 10.7. The van der Waals surface area contributed by atoms with E-state index in [2.05, 4.69) is 10.6 Å². The molecule has 0 aromatic heterocycles. The molecule has 4 aliphatic rings. The third kappa shape index (κ3) is 12.0. The molecule has 61 heavy (non-hydrogen) atoms. The highest BCUT2D eigenvalue weighted by atomic mass is 16.8. The van der Waals surface area contributed by atoms with Crippen LogP contribution in [0.2, 0.25) is 0 Å². The largest absolute Gasteiger partial charge is 0.394 e. The maximum absolute atomic E-state index is 12.5. The first-order valence-electron chi connectivity index (χ1n) is 19.4. The van der Waals surface area contributed by atoms with E-state index in [1.165, 1.54) is 6.92 Å². The SMILES string of the molecule is CC(=O)N[C@@H](CO)[C@@H](O)[C@H](OC1O[C@H](CO)[C@@H](OC2O[C@H](CO)[C@@H](O)[C@H](OC3O[C@H](CO)[C@@H](O)[C@H](O)[C@@H]3O)[C@@H]2O)[C@H](O)[C@H]1NC(C)=O)[C@H](O)COC1O[C@@H](C)[C@@H](O)[C@@H](O)[C@@H]1O. The number of carbonyl (C=O) groups excluding carboxylic acids is 2. The maximum atomic E-state index is 12.5. The number of nitrogens with one attached hydrogen (secondary N) is 2. The number of carbonyl (C=O) groups is 2. The van der Waals surface area contributed by atoms with Gasteiger partial charge in [-0.15, -0.1) is 0 Å². The first-order chi connectivity index (χ1) is 28.7. The van der Waals surface area contributed by atoms with Gasteiger partial charge in [0.2, 0.25) is 11.8 Å². The summed E-state index contributed by atoms with van der Waals surface area (Å²) in [6, 6.07) is -3.32. The van der Waals surface area contributed by atoms with Crippen LogP contribution in [0.5, 0.6) is 0 Å². The summed E-state index contributed by atoms with van der Waals surface area (Å²) < 4.78 is 44.8. The number of amides is 2. The van der Waals surface area contributed by atoms with Crippen LogP contribution in [-0.4, -0.2) is 269 Å². The van der Waals surface area contributed by atoms with Crippen LogP contribution in [0.3, 0.4) is 0 Å². The van der Waals surface area contributed by atoms with Crippen LogP contribution >= 0.6 is 0 Å². The second-order valence-corrected chi connectivity index (χ2v) is 15.2. The molecule has 0 spiro atoms. The normalized spacial score (nSPS) is 44.1. The Morgan fingerprint density at radius 1 is 0.590 bits per heavy atom. The highest BCUT2D eigenvalue weighted by Gasteiger charge is 2.55. The lowest BCUT2D eigenvalue weighted by molar-refractivity contribution is -0.378. The lowest BCUT2D eigenvalue weighted by Crippen LogP contribution is -2.69. The zero-order valence-corrected chi connectivity index (χ0v) is 33.2. The first-order valence-corrected chi connectivity index (χ1v) is 19.4. The van der Waals surface area contributed by atoms with E-state index >= 15 is 0 Å². The van der Waals surface area contributed by atoms with E-state index < -0.39 is 192 Å². The highest BCUT2D eigenvalue weighted by Crippen LogP contribution is 2.34. The molecule has 24 atom stereocenters. The molecule has 4 rings (SSSR count). The monoisotopic (exact) mass is 896 g/mol. The standard InChI is InChI=1S/C34H60N2O25/c1-9-18(44)23(49)25(51)32(55-9)54-8-13(43)28(19(45)12(4-37)35-10(2)41)59-31-17(36-11(3)42)22(48)29(16(7-40)58-31)60-34-27(53)30(21(47)15(6-39)57-34)61-33-26(52)24(50)20(46)14(5-38)56-33/h9,12-34,37-40,43-53H,4-8H2,1-3H3,(H,35,41)(H,36,42)/t9-,12-,13+,14+,15+,16+,17+,18+,19+,20+,21+,22+,23+,24-,25-,26-,27-,28+,29+,30-,31?,32?,33?,34?/m0/s1. The predicted octanol–water partition coefficient (Wildman–Crippen LogP) is -11.0. The van der Waals surface area contributed by atoms with Crippen molar-refractivity contribution in [3.8, 4) is 0 Å². The Hall–Kier alpha value is -1.98. The van der Waals surface area contributed by atoms with E-state index in [0.717, 1.165) is 13.8 Å². The summed E-state index contributed by atoms with van der Waals surface area (Å²) in [5.41, 5.74) is 0. The van der Waals surface area contributed by atoms with Crippen molar-refractivity contribution in [2.45, 2.75) is 168 Å². The van der Waals surface area contributed by atoms with Crippen LogP contribution in [0.15, 0.2) is 0 Å². The fourth-order valence-corrected chi connectivity index (χ4v) is 7.28. The van der Waals surface area contributed by atoms with E-state index in [0.29, 0.717) is 0 Å². The van der Waals surface area contributed by atoms with Crippen molar-refractivity contribution in [2.75, 3.05) is 33.0 Å². The van der Waals surface area contributed by atoms with E-state index in [4.69, 9.17) is 37.9 Å². The molecule has 27 nitrogen and oxygen atoms in total. The van der Waals surface area contributed by atoms with Gasteiger partial charge in [-0.05, 0) is 6.92 Å². The quantitative estimate of drug-likeness (QED) is 0.0607. The summed E-state index contributed by atoms with van der Waals surface area (Å²) in [5.74, 6) is -1.58. The average Bonchev–Trinajstić information content (AvgIpc) is 3.22. The summed E-state index contributed by atoms with van der Waals surface area (Å²) in [6.07, 6.45) is -39.9. The molecule has 0 bridgehead atoms. The molecule has 4 aliphatic heterocycles. The molecule has 27 heteroatoms. The maximum Gasteiger partial charge on any atom is 0.217 e. The molecule has 17 N–H and O–H groups in total. The van der Waals surface area contributed by atoms with Crippen molar-refractivity contribution in [3.05, 3.63) is 0 Å². The third-order valence-electron chi connectivity index (χ3n) is 10.7. The Morgan fingerprint density at radius 2 is 1.11 bits per heavy atom. The zero-order valence-electron chi connectivity index (χ0n) is 33.2. The number of aliphatic hydroxyl groups excluding tert-OH is 15. The minimum atomic E-state index is -2.11. The molecular formula is C34H60N2O25. The Balaban J connectivity index is 1.59. The van der Waals surface area contributed by atoms with E-state index in [1.807, 2.05) is 0 Å². The minimum Gasteiger partial charge on any atom is -0.394 e. The molecule has 2 amide bonds. The molecule has 0 aromatic rings. The van der Waals surface area contributed by atoms with Crippen molar-refractivity contribution in [1.29, 1.82) is 0 Å². The fraction of sp³-hybridized carbons (Fsp3) is 0.941. The predicted molar refractivity (Wildman–Crippen MR) is 191 cm³/mol. The number of ether oxygens (including phenoxy) is 8. The van der Waals surface area contributed by atoms with Crippen molar-refractivity contribution in [1.82, 2.24) is 10.6 Å². The Bertz CT molecular complexity index is 1370. The second kappa shape index (κ2) is 22.8. The van der Waals surface area contributed by atoms with Gasteiger partial charge in [0, 0.05) is 13.8 Å². The molecule has 0 aromatic carbocycles. The van der Waals surface area contributed by atoms with Gasteiger partial charge in [0.05, 0.1) is 45.2 Å². The first kappa shape index (κ1) is 51.7. The summed E-state index contributed by atoms with van der Waals surface area (Å²) in [6.45, 7) is -1.23. The Labute approximate surface area is 347 Å². The minimum absolute atomic E-state index is 0.743. The topological polar surface area (TPSA) is 435 Å². The van der Waals surface area contributed by atoms with Crippen LogP contribution in [-0.2, 0) is 47.5 Å². The van der Waals surface area contributed by atoms with Crippen LogP contribution < -0.4 is 10.6 Å². The van der Waals surface area contributed by atoms with Crippen molar-refractivity contribution in [2.24, 2.45) is 0 Å². The molecule has 0 aliphatic carbocycles. The molecule has 4 saturated heterocycles. The lowest BCUT2D eigenvalue weighted by Gasteiger charge is -2.49. The number of hydrogen-bond acceptors (Lipinski definition) is 25. The van der Waals surface area contributed by atoms with Gasteiger partial charge >= 0.3 is 0 Å². The van der Waals surface area contributed by atoms with Gasteiger partial charge < -0.3 is 125 Å². The summed E-state index contributed by atoms with van der Waals surface area (Å²) in [7, 11) is 0. The average molecular weight is 897 g/mol. The highest BCUT2D eigenvalue weighted by molar-refractivity contribution is 5.73. The number of aliphatic hydroxyl groups is 15. The fourth-order valence-electron chi connectivity index (χ4n) is 7.28.